The fourth-order valence-electron chi connectivity index (χ4n) is 18.4. The summed E-state index contributed by atoms with van der Waals surface area (Å²) in [4.78, 5) is 141. The Bertz CT molecular complexity index is 3060. The number of alkyl halides is 3. The van der Waals surface area contributed by atoms with Crippen molar-refractivity contribution in [3.05, 3.63) is 11.4 Å². The SMILES string of the molecule is COC(=O)N1C[C@H]2CC(=O)C[C@H]2C1.COC(=O)N1C[C@H]2CC(NCC(=O)N3CCC[C@H]3C#N)C[C@H]2C1.COC(=O)N1C[C@H]2CC(NCC(=O)N3CCC[C@H]3C#N)C[C@H]2C1.COC(=O)N1C[C@H]2CC(NCC(=O)N3CCC[C@H]3C#N)C[C@H]2C1.Cl.Cl.Cl.O=C1C[C@H]2CNC[C@H]2C1.O=CC(F)(F)F.[C-]#[N+][C@@H]1CCCN1C(=O)CN. The van der Waals surface area contributed by atoms with Crippen LogP contribution in [0.3, 0.4) is 0 Å². The second-order valence-corrected chi connectivity index (χ2v) is 30.6. The van der Waals surface area contributed by atoms with Gasteiger partial charge in [-0.15, -0.1) is 37.2 Å². The molecule has 620 valence electrons. The Morgan fingerprint density at radius 2 is 0.739 bits per heavy atom. The lowest BCUT2D eigenvalue weighted by atomic mass is 10.0. The van der Waals surface area contributed by atoms with Gasteiger partial charge < -0.3 is 80.2 Å². The second kappa shape index (κ2) is 45.3. The number of nitrogens with one attached hydrogen (secondary N) is 4. The molecule has 14 aliphatic rings. The number of likely N-dealkylation sites (tertiary alicyclic amines) is 8. The second-order valence-electron chi connectivity index (χ2n) is 30.6. The van der Waals surface area contributed by atoms with Gasteiger partial charge in [0, 0.05) is 129 Å². The Morgan fingerprint density at radius 3 is 0.991 bits per heavy atom. The molecular formula is C73H111Cl3F3N17O15. The van der Waals surface area contributed by atoms with Crippen LogP contribution in [0.2, 0.25) is 0 Å². The first-order valence-electron chi connectivity index (χ1n) is 38.0. The average Bonchev–Trinajstić information content (AvgIpc) is 1.68. The molecule has 17 atom stereocenters. The van der Waals surface area contributed by atoms with E-state index in [2.05, 4.69) is 49.1 Å². The molecule has 32 nitrogen and oxygen atoms in total. The average molecular weight is 1630 g/mol. The van der Waals surface area contributed by atoms with Gasteiger partial charge in [-0.1, -0.05) is 0 Å². The van der Waals surface area contributed by atoms with Crippen molar-refractivity contribution in [2.24, 2.45) is 64.9 Å². The van der Waals surface area contributed by atoms with E-state index in [1.165, 1.54) is 28.4 Å². The molecule has 38 heteroatoms. The molecule has 9 saturated heterocycles. The van der Waals surface area contributed by atoms with E-state index in [-0.39, 0.29) is 116 Å². The summed E-state index contributed by atoms with van der Waals surface area (Å²) in [6.45, 7) is 18.6. The van der Waals surface area contributed by atoms with Crippen molar-refractivity contribution in [3.63, 3.8) is 0 Å². The Balaban J connectivity index is 0.000000240. The molecule has 0 spiro atoms. The Kier molecular flexibility index (Phi) is 38.4. The van der Waals surface area contributed by atoms with Crippen LogP contribution in [0, 0.1) is 99.7 Å². The quantitative estimate of drug-likeness (QED) is 0.115. The minimum absolute atomic E-state index is 0. The highest BCUT2D eigenvalue weighted by Crippen LogP contribution is 2.42. The molecule has 5 saturated carbocycles. The molecule has 5 aliphatic carbocycles. The van der Waals surface area contributed by atoms with Gasteiger partial charge in [-0.2, -0.15) is 29.0 Å². The van der Waals surface area contributed by atoms with Crippen molar-refractivity contribution in [2.75, 3.05) is 146 Å². The summed E-state index contributed by atoms with van der Waals surface area (Å²) >= 11 is 0. The third-order valence-electron chi connectivity index (χ3n) is 23.8. The molecule has 0 aromatic rings. The maximum absolute atomic E-state index is 12.2. The largest absolute Gasteiger partial charge is 0.453 e. The molecule has 0 bridgehead atoms. The van der Waals surface area contributed by atoms with Crippen LogP contribution in [-0.2, 0) is 52.5 Å². The highest BCUT2D eigenvalue weighted by atomic mass is 35.5. The van der Waals surface area contributed by atoms with E-state index < -0.39 is 12.5 Å². The molecule has 8 amide bonds. The minimum atomic E-state index is -4.64. The molecule has 3 unspecified atom stereocenters. The summed E-state index contributed by atoms with van der Waals surface area (Å²) in [6, 6.07) is 6.86. The number of ether oxygens (including phenoxy) is 4. The Hall–Kier alpha value is -7.61. The van der Waals surface area contributed by atoms with E-state index in [1.807, 2.05) is 0 Å². The normalized spacial score (nSPS) is 30.4. The van der Waals surface area contributed by atoms with Crippen LogP contribution in [0.15, 0.2) is 0 Å². The molecule has 6 N–H and O–H groups in total. The summed E-state index contributed by atoms with van der Waals surface area (Å²) < 4.78 is 50.2. The number of nitrogens with zero attached hydrogens (tertiary/aromatic N) is 12. The van der Waals surface area contributed by atoms with E-state index in [0.29, 0.717) is 161 Å². The molecule has 111 heavy (non-hydrogen) atoms. The molecule has 9 aliphatic heterocycles. The third-order valence-corrected chi connectivity index (χ3v) is 23.8. The van der Waals surface area contributed by atoms with Crippen LogP contribution in [0.1, 0.15) is 116 Å². The van der Waals surface area contributed by atoms with Crippen LogP contribution in [0.4, 0.5) is 32.3 Å². The van der Waals surface area contributed by atoms with Crippen LogP contribution < -0.4 is 27.0 Å². The number of rotatable bonds is 10. The maximum atomic E-state index is 12.2. The fraction of sp³-hybridized carbons (Fsp3) is 0.795. The number of halogens is 6. The standard InChI is InChI=1S/3C16H24N4O3.C9H13NO3.C7H11N3O.C7H11NO.C2HF3O.3ClH/c3*1-23-16(22)19-9-11-5-13(6-12(11)10-19)18-8-15(21)20-4-2-3-14(20)7-17;1-13-9(12)10-4-6-2-8(11)3-7(6)5-10;1-9-6-3-2-4-10(6)7(11)5-8;9-7-1-5-3-8-4-6(5)2-7;3-2(4,5)1-6;;;/h3*11-14,18H,2-6,8-10H2,1H3;6-7H,2-5H2,1H3;6H,2-5,8H2;5-6,8H,1-4H2;1H;3*1H/t3*11-,12+,13?,14-;6-,7+;6-;5-,6+;;;;/m000.0...../s1. The summed E-state index contributed by atoms with van der Waals surface area (Å²) in [5.74, 6) is 5.98. The van der Waals surface area contributed by atoms with Crippen LogP contribution in [0.25, 0.3) is 4.85 Å². The Morgan fingerprint density at radius 1 is 0.477 bits per heavy atom. The number of Topliss-reactive ketones (excluding diaryl/α,β-unsaturated/α-hetero) is 2. The summed E-state index contributed by atoms with van der Waals surface area (Å²) in [5, 5.41) is 40.5. The number of ketones is 2. The van der Waals surface area contributed by atoms with Gasteiger partial charge in [0.2, 0.25) is 29.9 Å². The van der Waals surface area contributed by atoms with Crippen molar-refractivity contribution < 1.29 is 84.9 Å². The molecule has 0 radical (unpaired) electrons. The van der Waals surface area contributed by atoms with E-state index in [1.54, 1.807) is 39.2 Å². The number of amides is 8. The number of hydrogen-bond donors (Lipinski definition) is 5. The predicted molar refractivity (Wildman–Crippen MR) is 401 cm³/mol. The van der Waals surface area contributed by atoms with Crippen LogP contribution in [0.5, 0.6) is 0 Å². The van der Waals surface area contributed by atoms with E-state index in [9.17, 15) is 61.1 Å². The van der Waals surface area contributed by atoms with Gasteiger partial charge >= 0.3 is 36.7 Å². The molecule has 14 rings (SSSR count). The molecular weight excluding hydrogens is 1520 g/mol. The molecule has 0 aromatic carbocycles. The maximum Gasteiger partial charge on any atom is 0.446 e. The summed E-state index contributed by atoms with van der Waals surface area (Å²) in [6.07, 6.45) is 8.88. The zero-order valence-corrected chi connectivity index (χ0v) is 66.2. The van der Waals surface area contributed by atoms with Gasteiger partial charge in [-0.3, -0.25) is 43.3 Å². The highest BCUT2D eigenvalue weighted by molar-refractivity contribution is 5.86. The Labute approximate surface area is 666 Å². The van der Waals surface area contributed by atoms with E-state index in [4.69, 9.17) is 47.1 Å². The number of carbonyl (C=O) groups excluding carboxylic acids is 11. The van der Waals surface area contributed by atoms with Crippen molar-refractivity contribution in [2.45, 2.75) is 164 Å². The van der Waals surface area contributed by atoms with Crippen molar-refractivity contribution in [1.29, 1.82) is 15.8 Å². The number of nitriles is 3. The van der Waals surface area contributed by atoms with E-state index in [0.717, 1.165) is 155 Å². The molecule has 0 aromatic heterocycles. The van der Waals surface area contributed by atoms with Gasteiger partial charge in [0.25, 0.3) is 0 Å². The minimum Gasteiger partial charge on any atom is -0.453 e. The van der Waals surface area contributed by atoms with Crippen LogP contribution >= 0.6 is 37.2 Å². The van der Waals surface area contributed by atoms with Gasteiger partial charge in [0.15, 0.2) is 0 Å². The molecule has 9 heterocycles. The van der Waals surface area contributed by atoms with Crippen molar-refractivity contribution >= 4 is 103 Å². The number of methoxy groups -OCH3 is 4. The van der Waals surface area contributed by atoms with Crippen LogP contribution in [-0.4, -0.2) is 300 Å². The van der Waals surface area contributed by atoms with Gasteiger partial charge in [-0.05, 0) is 156 Å². The van der Waals surface area contributed by atoms with Gasteiger partial charge in [-0.25, -0.2) is 25.8 Å². The zero-order valence-electron chi connectivity index (χ0n) is 63.8. The third kappa shape index (κ3) is 26.2. The zero-order chi connectivity index (χ0) is 78.4. The van der Waals surface area contributed by atoms with E-state index >= 15 is 0 Å². The lowest BCUT2D eigenvalue weighted by Gasteiger charge is -2.22. The number of carbonyl (C=O) groups is 11. The molecule has 14 fully saturated rings. The van der Waals surface area contributed by atoms with Crippen molar-refractivity contribution in [1.82, 2.24) is 60.5 Å². The first-order valence-corrected chi connectivity index (χ1v) is 38.0. The van der Waals surface area contributed by atoms with Crippen molar-refractivity contribution in [3.8, 4) is 18.2 Å². The number of nitrogens with two attached hydrogens (primary N) is 1. The fourth-order valence-corrected chi connectivity index (χ4v) is 18.4. The monoisotopic (exact) mass is 1630 g/mol. The first-order chi connectivity index (χ1) is 51.8. The number of hydrogen-bond acceptors (Lipinski definition) is 23. The summed E-state index contributed by atoms with van der Waals surface area (Å²) in [7, 11) is 5.64. The summed E-state index contributed by atoms with van der Waals surface area (Å²) in [5.41, 5.74) is 5.17. The smallest absolute Gasteiger partial charge is 0.446 e. The topological polar surface area (TPSA) is 400 Å². The lowest BCUT2D eigenvalue weighted by molar-refractivity contribution is -0.156. The lowest BCUT2D eigenvalue weighted by Crippen LogP contribution is -2.43. The predicted octanol–water partition coefficient (Wildman–Crippen LogP) is 4.38. The number of fused-ring (bicyclic) bond motifs is 5. The number of aldehydes is 1. The first kappa shape index (κ1) is 94.0. The van der Waals surface area contributed by atoms with Gasteiger partial charge in [0.1, 0.15) is 29.7 Å². The highest BCUT2D eigenvalue weighted by Gasteiger charge is 2.47. The van der Waals surface area contributed by atoms with Gasteiger partial charge in [0.05, 0.1) is 72.8 Å².